The standard InChI is InChI=1S/C13H15N3O3S/c1-3-19-13-6-10(4-5-12(13)16(17)18)15-8-11-7-14-9(2)20-11/h4-7,15H,3,8H2,1-2H3. The highest BCUT2D eigenvalue weighted by Crippen LogP contribution is 2.30. The lowest BCUT2D eigenvalue weighted by molar-refractivity contribution is -0.385. The van der Waals surface area contributed by atoms with Gasteiger partial charge in [0.2, 0.25) is 0 Å². The molecule has 0 aliphatic rings. The van der Waals surface area contributed by atoms with Gasteiger partial charge in [0.25, 0.3) is 0 Å². The number of benzene rings is 1. The first-order valence-electron chi connectivity index (χ1n) is 6.16. The van der Waals surface area contributed by atoms with Crippen LogP contribution in [0.1, 0.15) is 16.8 Å². The summed E-state index contributed by atoms with van der Waals surface area (Å²) < 4.78 is 5.30. The van der Waals surface area contributed by atoms with Crippen LogP contribution in [0.5, 0.6) is 5.75 Å². The van der Waals surface area contributed by atoms with E-state index in [4.69, 9.17) is 4.74 Å². The van der Waals surface area contributed by atoms with Crippen LogP contribution in [0.4, 0.5) is 11.4 Å². The number of aryl methyl sites for hydroxylation is 1. The predicted octanol–water partition coefficient (Wildman–Crippen LogP) is 3.37. The van der Waals surface area contributed by atoms with Crippen molar-refractivity contribution < 1.29 is 9.66 Å². The Morgan fingerprint density at radius 1 is 1.50 bits per heavy atom. The number of rotatable bonds is 6. The van der Waals surface area contributed by atoms with E-state index in [0.29, 0.717) is 13.2 Å². The Bertz CT molecular complexity index is 613. The van der Waals surface area contributed by atoms with E-state index in [2.05, 4.69) is 10.3 Å². The fourth-order valence-corrected chi connectivity index (χ4v) is 2.46. The SMILES string of the molecule is CCOc1cc(NCc2cnc(C)s2)ccc1[N+](=O)[O-]. The number of anilines is 1. The zero-order chi connectivity index (χ0) is 14.5. The van der Waals surface area contributed by atoms with E-state index in [1.807, 2.05) is 13.1 Å². The predicted molar refractivity (Wildman–Crippen MR) is 78.4 cm³/mol. The van der Waals surface area contributed by atoms with Gasteiger partial charge in [-0.1, -0.05) is 0 Å². The quantitative estimate of drug-likeness (QED) is 0.652. The summed E-state index contributed by atoms with van der Waals surface area (Å²) in [6.07, 6.45) is 1.82. The van der Waals surface area contributed by atoms with Crippen molar-refractivity contribution in [2.75, 3.05) is 11.9 Å². The van der Waals surface area contributed by atoms with Gasteiger partial charge in [0.15, 0.2) is 5.75 Å². The zero-order valence-electron chi connectivity index (χ0n) is 11.3. The molecule has 0 fully saturated rings. The average molecular weight is 293 g/mol. The van der Waals surface area contributed by atoms with E-state index in [0.717, 1.165) is 15.6 Å². The van der Waals surface area contributed by atoms with Crippen molar-refractivity contribution in [3.63, 3.8) is 0 Å². The summed E-state index contributed by atoms with van der Waals surface area (Å²) in [6, 6.07) is 4.77. The summed E-state index contributed by atoms with van der Waals surface area (Å²) in [5, 5.41) is 15.1. The summed E-state index contributed by atoms with van der Waals surface area (Å²) in [5.74, 6) is 0.281. The highest BCUT2D eigenvalue weighted by molar-refractivity contribution is 7.11. The van der Waals surface area contributed by atoms with E-state index in [1.165, 1.54) is 6.07 Å². The van der Waals surface area contributed by atoms with Crippen LogP contribution in [-0.4, -0.2) is 16.5 Å². The topological polar surface area (TPSA) is 77.3 Å². The molecule has 0 unspecified atom stereocenters. The van der Waals surface area contributed by atoms with Crippen molar-refractivity contribution in [2.45, 2.75) is 20.4 Å². The van der Waals surface area contributed by atoms with Crippen LogP contribution in [0.15, 0.2) is 24.4 Å². The van der Waals surface area contributed by atoms with E-state index in [1.54, 1.807) is 30.4 Å². The van der Waals surface area contributed by atoms with E-state index in [9.17, 15) is 10.1 Å². The number of nitro benzene ring substituents is 1. The maximum atomic E-state index is 10.9. The largest absolute Gasteiger partial charge is 0.487 e. The minimum atomic E-state index is -0.443. The van der Waals surface area contributed by atoms with Gasteiger partial charge in [0, 0.05) is 28.9 Å². The number of hydrogen-bond acceptors (Lipinski definition) is 6. The van der Waals surface area contributed by atoms with Crippen molar-refractivity contribution in [3.8, 4) is 5.75 Å². The molecule has 0 saturated carbocycles. The molecule has 0 radical (unpaired) electrons. The molecule has 1 aromatic carbocycles. The van der Waals surface area contributed by atoms with Crippen LogP contribution >= 0.6 is 11.3 Å². The summed E-state index contributed by atoms with van der Waals surface area (Å²) >= 11 is 1.62. The Hall–Kier alpha value is -2.15. The first kappa shape index (κ1) is 14.3. The molecule has 0 aliphatic carbocycles. The van der Waals surface area contributed by atoms with Crippen molar-refractivity contribution in [1.29, 1.82) is 0 Å². The van der Waals surface area contributed by atoms with Gasteiger partial charge in [0.05, 0.1) is 23.1 Å². The Kier molecular flexibility index (Phi) is 4.52. The van der Waals surface area contributed by atoms with Gasteiger partial charge in [-0.3, -0.25) is 10.1 Å². The van der Waals surface area contributed by atoms with E-state index < -0.39 is 4.92 Å². The van der Waals surface area contributed by atoms with Crippen molar-refractivity contribution in [2.24, 2.45) is 0 Å². The molecular weight excluding hydrogens is 278 g/mol. The van der Waals surface area contributed by atoms with E-state index >= 15 is 0 Å². The molecule has 2 rings (SSSR count). The van der Waals surface area contributed by atoms with Gasteiger partial charge in [-0.05, 0) is 19.9 Å². The number of ether oxygens (including phenoxy) is 1. The number of nitrogens with zero attached hydrogens (tertiary/aromatic N) is 2. The average Bonchev–Trinajstić information content (AvgIpc) is 2.82. The third-order valence-electron chi connectivity index (χ3n) is 2.59. The van der Waals surface area contributed by atoms with Crippen LogP contribution in [0, 0.1) is 17.0 Å². The Morgan fingerprint density at radius 2 is 2.30 bits per heavy atom. The summed E-state index contributed by atoms with van der Waals surface area (Å²) in [7, 11) is 0. The minimum absolute atomic E-state index is 0.0222. The number of thiazole rings is 1. The molecular formula is C13H15N3O3S. The molecule has 0 aliphatic heterocycles. The Labute approximate surface area is 120 Å². The zero-order valence-corrected chi connectivity index (χ0v) is 12.1. The molecule has 0 amide bonds. The highest BCUT2D eigenvalue weighted by Gasteiger charge is 2.15. The van der Waals surface area contributed by atoms with Gasteiger partial charge in [-0.25, -0.2) is 4.98 Å². The van der Waals surface area contributed by atoms with Gasteiger partial charge in [0.1, 0.15) is 0 Å². The lowest BCUT2D eigenvalue weighted by atomic mass is 10.2. The molecule has 20 heavy (non-hydrogen) atoms. The van der Waals surface area contributed by atoms with Gasteiger partial charge in [-0.2, -0.15) is 0 Å². The number of aromatic nitrogens is 1. The second-order valence-electron chi connectivity index (χ2n) is 4.07. The first-order valence-corrected chi connectivity index (χ1v) is 6.98. The molecule has 106 valence electrons. The fourth-order valence-electron chi connectivity index (χ4n) is 1.72. The van der Waals surface area contributed by atoms with Crippen LogP contribution in [0.25, 0.3) is 0 Å². The number of nitro groups is 1. The fraction of sp³-hybridized carbons (Fsp3) is 0.308. The second-order valence-corrected chi connectivity index (χ2v) is 5.39. The summed E-state index contributed by atoms with van der Waals surface area (Å²) in [6.45, 7) is 4.77. The lowest BCUT2D eigenvalue weighted by Gasteiger charge is -2.08. The number of nitrogens with one attached hydrogen (secondary N) is 1. The van der Waals surface area contributed by atoms with Gasteiger partial charge in [-0.15, -0.1) is 11.3 Å². The third-order valence-corrected chi connectivity index (χ3v) is 3.50. The van der Waals surface area contributed by atoms with Gasteiger partial charge >= 0.3 is 5.69 Å². The van der Waals surface area contributed by atoms with Crippen molar-refractivity contribution in [3.05, 3.63) is 44.4 Å². The van der Waals surface area contributed by atoms with Crippen LogP contribution in [0.3, 0.4) is 0 Å². The summed E-state index contributed by atoms with van der Waals surface area (Å²) in [5.41, 5.74) is 0.760. The Balaban J connectivity index is 2.12. The monoisotopic (exact) mass is 293 g/mol. The van der Waals surface area contributed by atoms with E-state index in [-0.39, 0.29) is 11.4 Å². The van der Waals surface area contributed by atoms with Crippen LogP contribution < -0.4 is 10.1 Å². The lowest BCUT2D eigenvalue weighted by Crippen LogP contribution is -2.01. The molecule has 7 heteroatoms. The first-order chi connectivity index (χ1) is 9.60. The smallest absolute Gasteiger partial charge is 0.311 e. The third kappa shape index (κ3) is 3.45. The van der Waals surface area contributed by atoms with Crippen molar-refractivity contribution >= 4 is 22.7 Å². The molecule has 0 spiro atoms. The normalized spacial score (nSPS) is 10.3. The maximum Gasteiger partial charge on any atom is 0.311 e. The molecule has 1 heterocycles. The number of hydrogen-bond donors (Lipinski definition) is 1. The maximum absolute atomic E-state index is 10.9. The molecule has 6 nitrogen and oxygen atoms in total. The molecule has 1 N–H and O–H groups in total. The second kappa shape index (κ2) is 6.33. The summed E-state index contributed by atoms with van der Waals surface area (Å²) in [4.78, 5) is 15.7. The molecule has 2 aromatic rings. The van der Waals surface area contributed by atoms with Crippen LogP contribution in [-0.2, 0) is 6.54 Å². The molecule has 0 atom stereocenters. The highest BCUT2D eigenvalue weighted by atomic mass is 32.1. The minimum Gasteiger partial charge on any atom is -0.487 e. The van der Waals surface area contributed by atoms with Crippen molar-refractivity contribution in [1.82, 2.24) is 4.98 Å². The van der Waals surface area contributed by atoms with Crippen LogP contribution in [0.2, 0.25) is 0 Å². The molecule has 0 saturated heterocycles. The molecule has 0 bridgehead atoms. The molecule has 1 aromatic heterocycles. The Morgan fingerprint density at radius 3 is 2.90 bits per heavy atom. The van der Waals surface area contributed by atoms with Gasteiger partial charge < -0.3 is 10.1 Å².